The van der Waals surface area contributed by atoms with Crippen LogP contribution >= 0.6 is 0 Å². The molecule has 0 saturated carbocycles. The van der Waals surface area contributed by atoms with Crippen LogP contribution in [-0.2, 0) is 22.3 Å². The minimum Gasteiger partial charge on any atom is -0.459 e. The standard InChI is InChI=1S/C17H24F3N3O2/c1-5-21-15(23-11-14(24)25-16(2,3)4)22-10-12-7-6-8-13(9-12)17(18,19)20/h6-9H,5,10-11H2,1-4H3,(H2,21,22,23). The highest BCUT2D eigenvalue weighted by molar-refractivity contribution is 5.84. The number of carbonyl (C=O) groups is 1. The molecule has 2 N–H and O–H groups in total. The maximum absolute atomic E-state index is 12.7. The SMILES string of the molecule is CCNC(=NCc1cccc(C(F)(F)F)c1)NCC(=O)OC(C)(C)C. The van der Waals surface area contributed by atoms with Crippen LogP contribution in [0, 0.1) is 0 Å². The highest BCUT2D eigenvalue weighted by Crippen LogP contribution is 2.29. The zero-order valence-corrected chi connectivity index (χ0v) is 14.8. The molecule has 0 bridgehead atoms. The molecule has 8 heteroatoms. The summed E-state index contributed by atoms with van der Waals surface area (Å²) in [4.78, 5) is 15.9. The average Bonchev–Trinajstić information content (AvgIpc) is 2.48. The summed E-state index contributed by atoms with van der Waals surface area (Å²) in [7, 11) is 0. The summed E-state index contributed by atoms with van der Waals surface area (Å²) in [5, 5.41) is 5.73. The molecule has 0 fully saturated rings. The molecule has 0 atom stereocenters. The number of carbonyl (C=O) groups excluding carboxylic acids is 1. The molecule has 5 nitrogen and oxygen atoms in total. The summed E-state index contributed by atoms with van der Waals surface area (Å²) >= 11 is 0. The second-order valence-electron chi connectivity index (χ2n) is 6.33. The summed E-state index contributed by atoms with van der Waals surface area (Å²) in [6.07, 6.45) is -4.39. The Labute approximate surface area is 145 Å². The lowest BCUT2D eigenvalue weighted by Gasteiger charge is -2.20. The third kappa shape index (κ3) is 8.42. The van der Waals surface area contributed by atoms with Gasteiger partial charge < -0.3 is 15.4 Å². The topological polar surface area (TPSA) is 62.7 Å². The Hall–Kier alpha value is -2.25. The fraction of sp³-hybridized carbons (Fsp3) is 0.529. The molecule has 0 unspecified atom stereocenters. The van der Waals surface area contributed by atoms with Crippen molar-refractivity contribution in [3.8, 4) is 0 Å². The van der Waals surface area contributed by atoms with E-state index in [2.05, 4.69) is 15.6 Å². The first-order chi connectivity index (χ1) is 11.5. The van der Waals surface area contributed by atoms with Gasteiger partial charge in [0.1, 0.15) is 12.1 Å². The number of guanidine groups is 1. The van der Waals surface area contributed by atoms with Crippen LogP contribution in [0.5, 0.6) is 0 Å². The summed E-state index contributed by atoms with van der Waals surface area (Å²) in [6.45, 7) is 7.63. The highest BCUT2D eigenvalue weighted by atomic mass is 19.4. The third-order valence-electron chi connectivity index (χ3n) is 2.84. The maximum atomic E-state index is 12.7. The summed E-state index contributed by atoms with van der Waals surface area (Å²) in [5.41, 5.74) is -0.886. The van der Waals surface area contributed by atoms with Gasteiger partial charge in [0.2, 0.25) is 0 Å². The van der Waals surface area contributed by atoms with Gasteiger partial charge in [-0.3, -0.25) is 4.79 Å². The molecule has 0 radical (unpaired) electrons. The van der Waals surface area contributed by atoms with E-state index < -0.39 is 23.3 Å². The Kier molecular flexibility index (Phi) is 7.26. The van der Waals surface area contributed by atoms with Crippen molar-refractivity contribution in [1.29, 1.82) is 0 Å². The Morgan fingerprint density at radius 1 is 1.20 bits per heavy atom. The van der Waals surface area contributed by atoms with Crippen LogP contribution in [0.2, 0.25) is 0 Å². The molecule has 1 aromatic carbocycles. The molecule has 0 aliphatic heterocycles. The van der Waals surface area contributed by atoms with E-state index in [1.54, 1.807) is 26.8 Å². The number of halogens is 3. The number of hydrogen-bond acceptors (Lipinski definition) is 3. The van der Waals surface area contributed by atoms with Crippen LogP contribution in [0.1, 0.15) is 38.8 Å². The molecule has 1 rings (SSSR count). The van der Waals surface area contributed by atoms with Crippen LogP contribution in [0.25, 0.3) is 0 Å². The summed E-state index contributed by atoms with van der Waals surface area (Å²) in [5.74, 6) is -0.122. The lowest BCUT2D eigenvalue weighted by molar-refractivity contribution is -0.153. The van der Waals surface area contributed by atoms with Gasteiger partial charge in [0.25, 0.3) is 0 Å². The van der Waals surface area contributed by atoms with Crippen molar-refractivity contribution in [2.45, 2.75) is 46.0 Å². The molecule has 0 aliphatic rings. The molecule has 0 saturated heterocycles. The van der Waals surface area contributed by atoms with Gasteiger partial charge in [-0.25, -0.2) is 4.99 Å². The monoisotopic (exact) mass is 359 g/mol. The van der Waals surface area contributed by atoms with Crippen molar-refractivity contribution in [1.82, 2.24) is 10.6 Å². The van der Waals surface area contributed by atoms with E-state index in [1.807, 2.05) is 6.92 Å². The minimum absolute atomic E-state index is 0.0492. The van der Waals surface area contributed by atoms with Crippen LogP contribution in [0.15, 0.2) is 29.3 Å². The molecule has 0 spiro atoms. The number of esters is 1. The number of nitrogens with one attached hydrogen (secondary N) is 2. The van der Waals surface area contributed by atoms with Crippen molar-refractivity contribution in [3.05, 3.63) is 35.4 Å². The van der Waals surface area contributed by atoms with Crippen LogP contribution in [0.3, 0.4) is 0 Å². The number of nitrogens with zero attached hydrogens (tertiary/aromatic N) is 1. The van der Waals surface area contributed by atoms with Crippen molar-refractivity contribution >= 4 is 11.9 Å². The molecule has 0 heterocycles. The van der Waals surface area contributed by atoms with Gasteiger partial charge >= 0.3 is 12.1 Å². The highest BCUT2D eigenvalue weighted by Gasteiger charge is 2.30. The molecule has 140 valence electrons. The van der Waals surface area contributed by atoms with E-state index >= 15 is 0 Å². The lowest BCUT2D eigenvalue weighted by atomic mass is 10.1. The van der Waals surface area contributed by atoms with Crippen LogP contribution in [0.4, 0.5) is 13.2 Å². The Bertz CT molecular complexity index is 608. The van der Waals surface area contributed by atoms with Crippen LogP contribution in [-0.4, -0.2) is 30.6 Å². The number of alkyl halides is 3. The molecular weight excluding hydrogens is 335 g/mol. The first-order valence-electron chi connectivity index (χ1n) is 7.91. The maximum Gasteiger partial charge on any atom is 0.416 e. The molecule has 0 amide bonds. The van der Waals surface area contributed by atoms with Gasteiger partial charge in [-0.2, -0.15) is 13.2 Å². The fourth-order valence-electron chi connectivity index (χ4n) is 1.89. The van der Waals surface area contributed by atoms with Crippen molar-refractivity contribution in [2.24, 2.45) is 4.99 Å². The van der Waals surface area contributed by atoms with Gasteiger partial charge in [-0.1, -0.05) is 12.1 Å². The third-order valence-corrected chi connectivity index (χ3v) is 2.84. The van der Waals surface area contributed by atoms with Crippen molar-refractivity contribution in [2.75, 3.05) is 13.1 Å². The van der Waals surface area contributed by atoms with E-state index in [4.69, 9.17) is 4.74 Å². The number of ether oxygens (including phenoxy) is 1. The number of benzene rings is 1. The number of rotatable bonds is 5. The Morgan fingerprint density at radius 3 is 2.44 bits per heavy atom. The molecule has 25 heavy (non-hydrogen) atoms. The molecular formula is C17H24F3N3O2. The number of aliphatic imine (C=N–C) groups is 1. The minimum atomic E-state index is -4.39. The molecule has 1 aromatic rings. The number of hydrogen-bond donors (Lipinski definition) is 2. The first kappa shape index (κ1) is 20.8. The van der Waals surface area contributed by atoms with Gasteiger partial charge in [0, 0.05) is 6.54 Å². The van der Waals surface area contributed by atoms with Crippen molar-refractivity contribution in [3.63, 3.8) is 0 Å². The van der Waals surface area contributed by atoms with Gasteiger partial charge in [0.05, 0.1) is 12.1 Å². The second kappa shape index (κ2) is 8.73. The smallest absolute Gasteiger partial charge is 0.416 e. The predicted octanol–water partition coefficient (Wildman–Crippen LogP) is 3.10. The Morgan fingerprint density at radius 2 is 1.88 bits per heavy atom. The van der Waals surface area contributed by atoms with E-state index in [1.165, 1.54) is 6.07 Å². The van der Waals surface area contributed by atoms with Crippen LogP contribution < -0.4 is 10.6 Å². The molecule has 0 aliphatic carbocycles. The summed E-state index contributed by atoms with van der Waals surface area (Å²) in [6, 6.07) is 4.98. The lowest BCUT2D eigenvalue weighted by Crippen LogP contribution is -2.41. The van der Waals surface area contributed by atoms with Gasteiger partial charge in [-0.15, -0.1) is 0 Å². The van der Waals surface area contributed by atoms with Gasteiger partial charge in [-0.05, 0) is 45.4 Å². The van der Waals surface area contributed by atoms with E-state index in [0.29, 0.717) is 18.1 Å². The zero-order chi connectivity index (χ0) is 19.1. The second-order valence-corrected chi connectivity index (χ2v) is 6.33. The zero-order valence-electron chi connectivity index (χ0n) is 14.8. The predicted molar refractivity (Wildman–Crippen MR) is 90.1 cm³/mol. The van der Waals surface area contributed by atoms with E-state index in [0.717, 1.165) is 12.1 Å². The van der Waals surface area contributed by atoms with Crippen molar-refractivity contribution < 1.29 is 22.7 Å². The Balaban J connectivity index is 2.71. The normalized spacial score (nSPS) is 12.7. The fourth-order valence-corrected chi connectivity index (χ4v) is 1.89. The van der Waals surface area contributed by atoms with E-state index in [-0.39, 0.29) is 13.1 Å². The summed E-state index contributed by atoms with van der Waals surface area (Å²) < 4.78 is 43.3. The largest absolute Gasteiger partial charge is 0.459 e. The first-order valence-corrected chi connectivity index (χ1v) is 7.91. The molecule has 0 aromatic heterocycles. The average molecular weight is 359 g/mol. The van der Waals surface area contributed by atoms with Gasteiger partial charge in [0.15, 0.2) is 5.96 Å². The quantitative estimate of drug-likeness (QED) is 0.482. The van der Waals surface area contributed by atoms with E-state index in [9.17, 15) is 18.0 Å².